The highest BCUT2D eigenvalue weighted by molar-refractivity contribution is 6.16. The Morgan fingerprint density at radius 2 is 0.641 bits per heavy atom. The molecule has 0 fully saturated rings. The van der Waals surface area contributed by atoms with E-state index in [9.17, 15) is 0 Å². The Hall–Kier alpha value is -8.81. The first kappa shape index (κ1) is 34.9. The second-order valence-electron chi connectivity index (χ2n) is 16.3. The molecular weight excluding hydrogens is 791 g/mol. The molecule has 298 valence electrons. The zero-order valence-corrected chi connectivity index (χ0v) is 33.9. The zero-order chi connectivity index (χ0) is 41.9. The van der Waals surface area contributed by atoms with E-state index < -0.39 is 0 Å². The fourth-order valence-corrected chi connectivity index (χ4v) is 9.48. The van der Waals surface area contributed by atoms with Crippen molar-refractivity contribution in [3.05, 3.63) is 188 Å². The van der Waals surface area contributed by atoms with E-state index in [0.717, 1.165) is 127 Å². The summed E-state index contributed by atoms with van der Waals surface area (Å²) < 4.78 is 25.6. The first-order valence-electron chi connectivity index (χ1n) is 21.2. The number of aromatic nitrogens is 3. The molecule has 0 N–H and O–H groups in total. The Morgan fingerprint density at radius 3 is 1.23 bits per heavy atom. The summed E-state index contributed by atoms with van der Waals surface area (Å²) in [6, 6.07) is 64.2. The summed E-state index contributed by atoms with van der Waals surface area (Å²) in [5.41, 5.74) is 13.0. The smallest absolute Gasteiger partial charge is 0.167 e. The average molecular weight is 822 g/mol. The number of rotatable bonds is 5. The van der Waals surface area contributed by atoms with Crippen LogP contribution in [0.5, 0.6) is 0 Å². The van der Waals surface area contributed by atoms with Crippen molar-refractivity contribution >= 4 is 87.8 Å². The summed E-state index contributed by atoms with van der Waals surface area (Å²) in [6.07, 6.45) is 0. The highest BCUT2D eigenvalue weighted by atomic mass is 16.3. The van der Waals surface area contributed by atoms with Crippen LogP contribution in [0.15, 0.2) is 206 Å². The summed E-state index contributed by atoms with van der Waals surface area (Å²) >= 11 is 0. The third kappa shape index (κ3) is 5.31. The van der Waals surface area contributed by atoms with Gasteiger partial charge in [0.05, 0.1) is 11.1 Å². The molecule has 5 aromatic heterocycles. The molecule has 7 heteroatoms. The first-order chi connectivity index (χ1) is 31.7. The minimum atomic E-state index is 0.508. The molecule has 14 aromatic rings. The van der Waals surface area contributed by atoms with Gasteiger partial charge in [-0.15, -0.1) is 0 Å². The van der Waals surface area contributed by atoms with Crippen LogP contribution in [-0.2, 0) is 0 Å². The number of benzene rings is 9. The topological polar surface area (TPSA) is 91.2 Å². The highest BCUT2D eigenvalue weighted by Crippen LogP contribution is 2.41. The Kier molecular flexibility index (Phi) is 7.27. The zero-order valence-electron chi connectivity index (χ0n) is 33.9. The molecule has 0 aliphatic rings. The van der Waals surface area contributed by atoms with Gasteiger partial charge in [-0.2, -0.15) is 0 Å². The molecule has 0 aliphatic carbocycles. The molecule has 0 radical (unpaired) electrons. The van der Waals surface area contributed by atoms with Crippen molar-refractivity contribution in [3.8, 4) is 56.4 Å². The summed E-state index contributed by atoms with van der Waals surface area (Å²) in [4.78, 5) is 15.5. The van der Waals surface area contributed by atoms with Crippen molar-refractivity contribution in [1.82, 2.24) is 15.0 Å². The minimum absolute atomic E-state index is 0.508. The van der Waals surface area contributed by atoms with Crippen molar-refractivity contribution in [2.24, 2.45) is 0 Å². The molecule has 0 spiro atoms. The summed E-state index contributed by atoms with van der Waals surface area (Å²) in [5.74, 6) is 1.55. The highest BCUT2D eigenvalue weighted by Gasteiger charge is 2.21. The van der Waals surface area contributed by atoms with Crippen LogP contribution < -0.4 is 0 Å². The Labute approximate surface area is 363 Å². The van der Waals surface area contributed by atoms with Gasteiger partial charge in [0.25, 0.3) is 0 Å². The molecule has 0 unspecified atom stereocenters. The molecule has 64 heavy (non-hydrogen) atoms. The third-order valence-electron chi connectivity index (χ3n) is 12.5. The van der Waals surface area contributed by atoms with Gasteiger partial charge in [-0.05, 0) is 82.9 Å². The van der Waals surface area contributed by atoms with E-state index in [1.165, 1.54) is 0 Å². The fourth-order valence-electron chi connectivity index (χ4n) is 9.48. The van der Waals surface area contributed by atoms with Crippen molar-refractivity contribution in [2.45, 2.75) is 0 Å². The maximum atomic E-state index is 6.50. The lowest BCUT2D eigenvalue weighted by molar-refractivity contribution is 0.656. The molecule has 0 amide bonds. The van der Waals surface area contributed by atoms with Gasteiger partial charge in [-0.3, -0.25) is 0 Å². The van der Waals surface area contributed by atoms with Crippen LogP contribution in [0.3, 0.4) is 0 Å². The molecule has 14 rings (SSSR count). The van der Waals surface area contributed by atoms with Gasteiger partial charge >= 0.3 is 0 Å². The lowest BCUT2D eigenvalue weighted by Gasteiger charge is -2.11. The van der Waals surface area contributed by atoms with Crippen LogP contribution >= 0.6 is 0 Å². The first-order valence-corrected chi connectivity index (χ1v) is 21.2. The van der Waals surface area contributed by atoms with Crippen molar-refractivity contribution < 1.29 is 17.7 Å². The fraction of sp³-hybridized carbons (Fsp3) is 0. The lowest BCUT2D eigenvalue weighted by Crippen LogP contribution is -2.00. The summed E-state index contributed by atoms with van der Waals surface area (Å²) in [5, 5.41) is 8.40. The van der Waals surface area contributed by atoms with Crippen molar-refractivity contribution in [2.75, 3.05) is 0 Å². The summed E-state index contributed by atoms with van der Waals surface area (Å²) in [7, 11) is 0. The quantitative estimate of drug-likeness (QED) is 0.171. The molecule has 0 bridgehead atoms. The average Bonchev–Trinajstić information content (AvgIpc) is 4.12. The van der Waals surface area contributed by atoms with Crippen LogP contribution in [0.1, 0.15) is 0 Å². The Balaban J connectivity index is 0.887. The standard InChI is InChI=1S/C57H31N3O4/c1-5-23-48-37(15-1)41-18-9-20-43(53(41)63-48)56-58-55(59-57(60-56)44-21-10-19-42-38-16-2-6-24-49(38)64-54(42)44)36-14-8-13-34(28-36)32-11-7-12-33(27-32)35-25-26-40-46-30-45-39-17-3-4-22-47(39)61-51(45)31-52(46)62-50(40)29-35/h1-31H. The minimum Gasteiger partial charge on any atom is -0.456 e. The molecule has 7 nitrogen and oxygen atoms in total. The van der Waals surface area contributed by atoms with Gasteiger partial charge in [-0.1, -0.05) is 121 Å². The normalized spacial score (nSPS) is 12.1. The largest absolute Gasteiger partial charge is 0.456 e. The van der Waals surface area contributed by atoms with E-state index in [4.69, 9.17) is 32.6 Å². The van der Waals surface area contributed by atoms with E-state index >= 15 is 0 Å². The predicted octanol–water partition coefficient (Wildman–Crippen LogP) is 15.8. The molecule has 9 aromatic carbocycles. The third-order valence-corrected chi connectivity index (χ3v) is 12.5. The van der Waals surface area contributed by atoms with Crippen molar-refractivity contribution in [1.29, 1.82) is 0 Å². The lowest BCUT2D eigenvalue weighted by atomic mass is 9.97. The number of fused-ring (bicyclic) bond motifs is 12. The van der Waals surface area contributed by atoms with Gasteiger partial charge < -0.3 is 17.7 Å². The van der Waals surface area contributed by atoms with Gasteiger partial charge in [-0.25, -0.2) is 15.0 Å². The summed E-state index contributed by atoms with van der Waals surface area (Å²) in [6.45, 7) is 0. The monoisotopic (exact) mass is 821 g/mol. The van der Waals surface area contributed by atoms with E-state index in [1.54, 1.807) is 0 Å². The van der Waals surface area contributed by atoms with Crippen LogP contribution in [0.4, 0.5) is 0 Å². The maximum Gasteiger partial charge on any atom is 0.167 e. The number of hydrogen-bond donors (Lipinski definition) is 0. The molecular formula is C57H31N3O4. The van der Waals surface area contributed by atoms with Gasteiger partial charge in [0.2, 0.25) is 0 Å². The second kappa shape index (κ2) is 13.3. The van der Waals surface area contributed by atoms with E-state index in [-0.39, 0.29) is 0 Å². The van der Waals surface area contributed by atoms with Gasteiger partial charge in [0.15, 0.2) is 17.5 Å². The predicted molar refractivity (Wildman–Crippen MR) is 256 cm³/mol. The molecule has 0 aliphatic heterocycles. The van der Waals surface area contributed by atoms with Crippen LogP contribution in [0, 0.1) is 0 Å². The van der Waals surface area contributed by atoms with Crippen LogP contribution in [-0.4, -0.2) is 15.0 Å². The number of hydrogen-bond acceptors (Lipinski definition) is 7. The molecule has 0 atom stereocenters. The molecule has 5 heterocycles. The van der Waals surface area contributed by atoms with E-state index in [2.05, 4.69) is 103 Å². The Bertz CT molecular complexity index is 4090. The van der Waals surface area contributed by atoms with E-state index in [0.29, 0.717) is 17.5 Å². The SMILES string of the molecule is c1cc(-c2cccc(-c3nc(-c4cccc5c4oc4ccccc45)nc(-c4cccc5c4oc4ccccc45)n3)c2)cc(-c2ccc3c(c2)oc2cc4oc5ccccc5c4cc23)c1. The van der Waals surface area contributed by atoms with Crippen LogP contribution in [0.2, 0.25) is 0 Å². The van der Waals surface area contributed by atoms with Gasteiger partial charge in [0.1, 0.15) is 44.7 Å². The number of nitrogens with zero attached hydrogens (tertiary/aromatic N) is 3. The Morgan fingerprint density at radius 1 is 0.234 bits per heavy atom. The van der Waals surface area contributed by atoms with E-state index in [1.807, 2.05) is 84.9 Å². The number of para-hydroxylation sites is 5. The van der Waals surface area contributed by atoms with Crippen LogP contribution in [0.25, 0.3) is 144 Å². The van der Waals surface area contributed by atoms with Crippen molar-refractivity contribution in [3.63, 3.8) is 0 Å². The van der Waals surface area contributed by atoms with Gasteiger partial charge in [0, 0.05) is 54.7 Å². The maximum absolute atomic E-state index is 6.50. The molecule has 0 saturated carbocycles. The second-order valence-corrected chi connectivity index (χ2v) is 16.3. The molecule has 0 saturated heterocycles. The number of furan rings is 4.